The van der Waals surface area contributed by atoms with E-state index in [2.05, 4.69) is 38.2 Å². The van der Waals surface area contributed by atoms with E-state index in [9.17, 15) is 0 Å². The fourth-order valence-corrected chi connectivity index (χ4v) is 0.764. The first-order chi connectivity index (χ1) is 6.41. The second-order valence-electron chi connectivity index (χ2n) is 2.68. The van der Waals surface area contributed by atoms with Crippen LogP contribution in [-0.2, 0) is 0 Å². The SMILES string of the molecule is [CH2]CCC=CC=CC=CC=CCC. The van der Waals surface area contributed by atoms with E-state index < -0.39 is 0 Å². The van der Waals surface area contributed by atoms with Crippen molar-refractivity contribution in [1.29, 1.82) is 0 Å². The summed E-state index contributed by atoms with van der Waals surface area (Å²) >= 11 is 0. The number of allylic oxidation sites excluding steroid dienone is 8. The zero-order valence-corrected chi connectivity index (χ0v) is 8.45. The molecule has 0 rings (SSSR count). The predicted octanol–water partition coefficient (Wildman–Crippen LogP) is 4.24. The summed E-state index contributed by atoms with van der Waals surface area (Å²) in [6.07, 6.45) is 19.6. The van der Waals surface area contributed by atoms with Crippen LogP contribution in [0.3, 0.4) is 0 Å². The lowest BCUT2D eigenvalue weighted by Gasteiger charge is -1.79. The van der Waals surface area contributed by atoms with Gasteiger partial charge >= 0.3 is 0 Å². The summed E-state index contributed by atoms with van der Waals surface area (Å²) in [4.78, 5) is 0. The molecule has 0 saturated carbocycles. The fourth-order valence-electron chi connectivity index (χ4n) is 0.764. The Morgan fingerprint density at radius 2 is 1.38 bits per heavy atom. The van der Waals surface area contributed by atoms with Crippen LogP contribution < -0.4 is 0 Å². The minimum absolute atomic E-state index is 0.972. The van der Waals surface area contributed by atoms with Crippen LogP contribution in [0.1, 0.15) is 26.2 Å². The molecule has 0 heteroatoms. The van der Waals surface area contributed by atoms with Crippen molar-refractivity contribution in [2.45, 2.75) is 26.2 Å². The van der Waals surface area contributed by atoms with Gasteiger partial charge < -0.3 is 0 Å². The number of rotatable bonds is 6. The van der Waals surface area contributed by atoms with Crippen molar-refractivity contribution >= 4 is 0 Å². The van der Waals surface area contributed by atoms with Crippen LogP contribution in [-0.4, -0.2) is 0 Å². The molecule has 0 unspecified atom stereocenters. The van der Waals surface area contributed by atoms with Gasteiger partial charge in [0.15, 0.2) is 0 Å². The Kier molecular flexibility index (Phi) is 10.1. The normalized spacial score (nSPS) is 13.1. The van der Waals surface area contributed by atoms with Crippen molar-refractivity contribution in [2.75, 3.05) is 0 Å². The summed E-state index contributed by atoms with van der Waals surface area (Å²) in [6.45, 7) is 5.88. The molecule has 0 amide bonds. The second kappa shape index (κ2) is 11.0. The topological polar surface area (TPSA) is 0 Å². The number of unbranched alkanes of at least 4 members (excludes halogenated alkanes) is 1. The van der Waals surface area contributed by atoms with Gasteiger partial charge in [-0.15, -0.1) is 0 Å². The summed E-state index contributed by atoms with van der Waals surface area (Å²) in [5.74, 6) is 0. The quantitative estimate of drug-likeness (QED) is 0.530. The summed E-state index contributed by atoms with van der Waals surface area (Å²) in [5.41, 5.74) is 0. The lowest BCUT2D eigenvalue weighted by atomic mass is 10.3. The van der Waals surface area contributed by atoms with E-state index in [0.29, 0.717) is 0 Å². The molecule has 0 bridgehead atoms. The maximum Gasteiger partial charge on any atom is -0.0348 e. The maximum atomic E-state index is 3.75. The van der Waals surface area contributed by atoms with Crippen LogP contribution in [0.5, 0.6) is 0 Å². The van der Waals surface area contributed by atoms with Crippen molar-refractivity contribution in [1.82, 2.24) is 0 Å². The molecular weight excluding hydrogens is 156 g/mol. The zero-order chi connectivity index (χ0) is 9.78. The van der Waals surface area contributed by atoms with Crippen LogP contribution in [0.4, 0.5) is 0 Å². The monoisotopic (exact) mass is 175 g/mol. The second-order valence-corrected chi connectivity index (χ2v) is 2.68. The van der Waals surface area contributed by atoms with Gasteiger partial charge in [0.1, 0.15) is 0 Å². The molecule has 0 saturated heterocycles. The molecule has 0 fully saturated rings. The Bertz CT molecular complexity index is 192. The van der Waals surface area contributed by atoms with Crippen LogP contribution in [0.2, 0.25) is 0 Å². The van der Waals surface area contributed by atoms with Gasteiger partial charge in [-0.25, -0.2) is 0 Å². The van der Waals surface area contributed by atoms with Crippen molar-refractivity contribution in [3.8, 4) is 0 Å². The third kappa shape index (κ3) is 11.0. The van der Waals surface area contributed by atoms with E-state index in [1.807, 2.05) is 24.3 Å². The summed E-state index contributed by atoms with van der Waals surface area (Å²) in [7, 11) is 0. The van der Waals surface area contributed by atoms with E-state index in [1.165, 1.54) is 0 Å². The highest BCUT2D eigenvalue weighted by Crippen LogP contribution is 1.89. The molecule has 0 aromatic heterocycles. The lowest BCUT2D eigenvalue weighted by Crippen LogP contribution is -1.59. The van der Waals surface area contributed by atoms with Gasteiger partial charge in [-0.1, -0.05) is 62.5 Å². The molecule has 0 N–H and O–H groups in total. The fraction of sp³-hybridized carbons (Fsp3) is 0.308. The first-order valence-electron chi connectivity index (χ1n) is 4.86. The molecule has 0 nitrogen and oxygen atoms in total. The zero-order valence-electron chi connectivity index (χ0n) is 8.45. The smallest absolute Gasteiger partial charge is 0.0348 e. The van der Waals surface area contributed by atoms with Gasteiger partial charge in [0.05, 0.1) is 0 Å². The molecule has 1 radical (unpaired) electrons. The van der Waals surface area contributed by atoms with Crippen molar-refractivity contribution in [3.63, 3.8) is 0 Å². The third-order valence-electron chi connectivity index (χ3n) is 1.43. The van der Waals surface area contributed by atoms with E-state index >= 15 is 0 Å². The maximum absolute atomic E-state index is 3.75. The summed E-state index contributed by atoms with van der Waals surface area (Å²) in [5, 5.41) is 0. The highest BCUT2D eigenvalue weighted by Gasteiger charge is 1.68. The Balaban J connectivity index is 3.50. The van der Waals surface area contributed by atoms with Gasteiger partial charge in [0, 0.05) is 0 Å². The van der Waals surface area contributed by atoms with Crippen LogP contribution in [0.15, 0.2) is 48.6 Å². The van der Waals surface area contributed by atoms with E-state index in [1.54, 1.807) is 0 Å². The van der Waals surface area contributed by atoms with Crippen LogP contribution in [0.25, 0.3) is 0 Å². The number of hydrogen-bond acceptors (Lipinski definition) is 0. The highest BCUT2D eigenvalue weighted by molar-refractivity contribution is 5.15. The van der Waals surface area contributed by atoms with E-state index in [4.69, 9.17) is 0 Å². The van der Waals surface area contributed by atoms with Crippen molar-refractivity contribution in [2.24, 2.45) is 0 Å². The Labute approximate surface area is 82.4 Å². The molecule has 0 heterocycles. The molecule has 0 aliphatic carbocycles. The van der Waals surface area contributed by atoms with Crippen LogP contribution in [0, 0.1) is 6.92 Å². The Hall–Kier alpha value is -1.04. The average Bonchev–Trinajstić information content (AvgIpc) is 2.16. The lowest BCUT2D eigenvalue weighted by molar-refractivity contribution is 1.05. The standard InChI is InChI=1S/C13H19/c1-3-5-7-9-11-13-12-10-8-6-4-2/h6-13H,1,3-5H2,2H3. The van der Waals surface area contributed by atoms with E-state index in [-0.39, 0.29) is 0 Å². The van der Waals surface area contributed by atoms with E-state index in [0.717, 1.165) is 19.3 Å². The summed E-state index contributed by atoms with van der Waals surface area (Å²) in [6, 6.07) is 0. The largest absolute Gasteiger partial charge is 0.0848 e. The first-order valence-corrected chi connectivity index (χ1v) is 4.86. The van der Waals surface area contributed by atoms with Gasteiger partial charge in [0.2, 0.25) is 0 Å². The number of hydrogen-bond donors (Lipinski definition) is 0. The Morgan fingerprint density at radius 3 is 1.92 bits per heavy atom. The van der Waals surface area contributed by atoms with Gasteiger partial charge in [-0.2, -0.15) is 0 Å². The highest BCUT2D eigenvalue weighted by atomic mass is 13.8. The molecule has 13 heavy (non-hydrogen) atoms. The molecule has 0 spiro atoms. The van der Waals surface area contributed by atoms with Crippen LogP contribution >= 0.6 is 0 Å². The van der Waals surface area contributed by atoms with Gasteiger partial charge in [0.25, 0.3) is 0 Å². The third-order valence-corrected chi connectivity index (χ3v) is 1.43. The predicted molar refractivity (Wildman–Crippen MR) is 61.4 cm³/mol. The van der Waals surface area contributed by atoms with Crippen molar-refractivity contribution in [3.05, 3.63) is 55.5 Å². The minimum Gasteiger partial charge on any atom is -0.0848 e. The molecule has 0 aliphatic heterocycles. The molecule has 0 aromatic carbocycles. The molecule has 0 aliphatic rings. The molecule has 71 valence electrons. The van der Waals surface area contributed by atoms with Gasteiger partial charge in [-0.05, 0) is 19.3 Å². The first kappa shape index (κ1) is 12.0. The Morgan fingerprint density at radius 1 is 0.846 bits per heavy atom. The van der Waals surface area contributed by atoms with Crippen molar-refractivity contribution < 1.29 is 0 Å². The molecular formula is C13H19. The average molecular weight is 175 g/mol. The molecule has 0 atom stereocenters. The molecule has 0 aromatic rings. The minimum atomic E-state index is 0.972. The summed E-state index contributed by atoms with van der Waals surface area (Å²) < 4.78 is 0. The van der Waals surface area contributed by atoms with Gasteiger partial charge in [-0.3, -0.25) is 0 Å².